The number of para-hydroxylation sites is 1. The van der Waals surface area contributed by atoms with E-state index in [0.29, 0.717) is 18.5 Å². The SMILES string of the molecule is CC1=CC[C@H]2C(=O)N(c3ccccc3C(=O)Nc3ccc(C(=O)O)cc3)C(=O)[C@@H]2C1. The van der Waals surface area contributed by atoms with Crippen molar-refractivity contribution in [3.8, 4) is 0 Å². The van der Waals surface area contributed by atoms with E-state index in [2.05, 4.69) is 5.32 Å². The number of hydrogen-bond donors (Lipinski definition) is 2. The molecule has 1 heterocycles. The molecule has 0 aromatic heterocycles. The molecule has 0 bridgehead atoms. The van der Waals surface area contributed by atoms with Crippen LogP contribution >= 0.6 is 0 Å². The first-order valence-corrected chi connectivity index (χ1v) is 9.64. The molecule has 4 rings (SSSR count). The number of benzene rings is 2. The lowest BCUT2D eigenvalue weighted by molar-refractivity contribution is -0.122. The number of carbonyl (C=O) groups excluding carboxylic acids is 3. The maximum absolute atomic E-state index is 13.0. The summed E-state index contributed by atoms with van der Waals surface area (Å²) >= 11 is 0. The number of aromatic carboxylic acids is 1. The third-order valence-electron chi connectivity index (χ3n) is 5.60. The first-order valence-electron chi connectivity index (χ1n) is 9.64. The Morgan fingerprint density at radius 3 is 2.37 bits per heavy atom. The van der Waals surface area contributed by atoms with Crippen LogP contribution in [0.3, 0.4) is 0 Å². The van der Waals surface area contributed by atoms with E-state index in [4.69, 9.17) is 5.11 Å². The Morgan fingerprint density at radius 1 is 1.00 bits per heavy atom. The molecular formula is C23H20N2O5. The number of amides is 3. The molecule has 2 aromatic carbocycles. The van der Waals surface area contributed by atoms with Gasteiger partial charge in [-0.15, -0.1) is 0 Å². The van der Waals surface area contributed by atoms with E-state index in [1.165, 1.54) is 24.3 Å². The number of nitrogens with zero attached hydrogens (tertiary/aromatic N) is 1. The number of carboxylic acids is 1. The van der Waals surface area contributed by atoms with Gasteiger partial charge in [0.2, 0.25) is 11.8 Å². The van der Waals surface area contributed by atoms with Gasteiger partial charge in [0.1, 0.15) is 0 Å². The van der Waals surface area contributed by atoms with Gasteiger partial charge < -0.3 is 10.4 Å². The van der Waals surface area contributed by atoms with Crippen LogP contribution in [-0.4, -0.2) is 28.8 Å². The zero-order valence-corrected chi connectivity index (χ0v) is 16.3. The molecule has 0 saturated carbocycles. The van der Waals surface area contributed by atoms with Crippen LogP contribution in [0.2, 0.25) is 0 Å². The summed E-state index contributed by atoms with van der Waals surface area (Å²) < 4.78 is 0. The molecule has 2 aromatic rings. The van der Waals surface area contributed by atoms with Gasteiger partial charge in [-0.3, -0.25) is 14.4 Å². The molecule has 30 heavy (non-hydrogen) atoms. The van der Waals surface area contributed by atoms with Crippen LogP contribution in [-0.2, 0) is 9.59 Å². The van der Waals surface area contributed by atoms with Crippen molar-refractivity contribution in [1.82, 2.24) is 0 Å². The third-order valence-corrected chi connectivity index (χ3v) is 5.60. The summed E-state index contributed by atoms with van der Waals surface area (Å²) in [5.74, 6) is -2.87. The van der Waals surface area contributed by atoms with Crippen molar-refractivity contribution in [3.63, 3.8) is 0 Å². The summed E-state index contributed by atoms with van der Waals surface area (Å²) in [5.41, 5.74) is 2.07. The van der Waals surface area contributed by atoms with Crippen LogP contribution in [0.4, 0.5) is 11.4 Å². The van der Waals surface area contributed by atoms with Crippen LogP contribution in [0.5, 0.6) is 0 Å². The van der Waals surface area contributed by atoms with E-state index in [9.17, 15) is 19.2 Å². The molecule has 2 atom stereocenters. The van der Waals surface area contributed by atoms with Crippen molar-refractivity contribution in [2.24, 2.45) is 11.8 Å². The summed E-state index contributed by atoms with van der Waals surface area (Å²) in [6, 6.07) is 12.2. The molecule has 0 radical (unpaired) electrons. The van der Waals surface area contributed by atoms with Gasteiger partial charge in [0.05, 0.1) is 28.7 Å². The second kappa shape index (κ2) is 7.59. The van der Waals surface area contributed by atoms with Gasteiger partial charge >= 0.3 is 5.97 Å². The Morgan fingerprint density at radius 2 is 1.67 bits per heavy atom. The van der Waals surface area contributed by atoms with Gasteiger partial charge in [0.15, 0.2) is 0 Å². The fourth-order valence-corrected chi connectivity index (χ4v) is 4.03. The Labute approximate surface area is 173 Å². The standard InChI is InChI=1S/C23H20N2O5/c1-13-6-11-16-18(12-13)22(28)25(21(16)27)19-5-3-2-4-17(19)20(26)24-15-9-7-14(8-10-15)23(29)30/h2-10,16,18H,11-12H2,1H3,(H,24,26)(H,29,30)/t16-,18-/m1/s1. The van der Waals surface area contributed by atoms with E-state index in [-0.39, 0.29) is 40.5 Å². The number of rotatable bonds is 4. The quantitative estimate of drug-likeness (QED) is 0.600. The average Bonchev–Trinajstić information content (AvgIpc) is 2.98. The van der Waals surface area contributed by atoms with Crippen LogP contribution in [0, 0.1) is 11.8 Å². The first kappa shape index (κ1) is 19.6. The average molecular weight is 404 g/mol. The van der Waals surface area contributed by atoms with Gasteiger partial charge in [-0.25, -0.2) is 9.69 Å². The molecule has 2 N–H and O–H groups in total. The summed E-state index contributed by atoms with van der Waals surface area (Å²) in [4.78, 5) is 51.0. The van der Waals surface area contributed by atoms with E-state index in [1.807, 2.05) is 13.0 Å². The highest BCUT2D eigenvalue weighted by Gasteiger charge is 2.49. The fourth-order valence-electron chi connectivity index (χ4n) is 4.03. The number of fused-ring (bicyclic) bond motifs is 1. The minimum absolute atomic E-state index is 0.105. The van der Waals surface area contributed by atoms with Gasteiger partial charge in [-0.05, 0) is 56.2 Å². The van der Waals surface area contributed by atoms with Crippen molar-refractivity contribution in [2.45, 2.75) is 19.8 Å². The molecule has 7 nitrogen and oxygen atoms in total. The molecular weight excluding hydrogens is 384 g/mol. The molecule has 1 aliphatic carbocycles. The Kier molecular flexibility index (Phi) is 4.95. The minimum Gasteiger partial charge on any atom is -0.478 e. The van der Waals surface area contributed by atoms with Crippen molar-refractivity contribution < 1.29 is 24.3 Å². The highest BCUT2D eigenvalue weighted by molar-refractivity contribution is 6.25. The van der Waals surface area contributed by atoms with Gasteiger partial charge in [0.25, 0.3) is 5.91 Å². The van der Waals surface area contributed by atoms with Crippen LogP contribution in [0.1, 0.15) is 40.5 Å². The van der Waals surface area contributed by atoms with E-state index in [1.54, 1.807) is 24.3 Å². The Balaban J connectivity index is 1.61. The maximum atomic E-state index is 13.0. The molecule has 1 aliphatic heterocycles. The molecule has 1 fully saturated rings. The van der Waals surface area contributed by atoms with Gasteiger partial charge in [0, 0.05) is 5.69 Å². The summed E-state index contributed by atoms with van der Waals surface area (Å²) in [6.07, 6.45) is 3.08. The Bertz CT molecular complexity index is 1090. The first-order chi connectivity index (χ1) is 14.4. The van der Waals surface area contributed by atoms with Gasteiger partial charge in [-0.1, -0.05) is 23.8 Å². The molecule has 2 aliphatic rings. The van der Waals surface area contributed by atoms with Crippen molar-refractivity contribution in [3.05, 3.63) is 71.3 Å². The predicted molar refractivity (Wildman–Crippen MR) is 110 cm³/mol. The number of allylic oxidation sites excluding steroid dienone is 2. The monoisotopic (exact) mass is 404 g/mol. The normalized spacial score (nSPS) is 20.6. The minimum atomic E-state index is -1.06. The van der Waals surface area contributed by atoms with E-state index >= 15 is 0 Å². The second-order valence-corrected chi connectivity index (χ2v) is 7.57. The lowest BCUT2D eigenvalue weighted by Crippen LogP contribution is -2.33. The number of carbonyl (C=O) groups is 4. The second-order valence-electron chi connectivity index (χ2n) is 7.57. The molecule has 7 heteroatoms. The lowest BCUT2D eigenvalue weighted by atomic mass is 9.82. The van der Waals surface area contributed by atoms with Crippen LogP contribution in [0.15, 0.2) is 60.2 Å². The van der Waals surface area contributed by atoms with Crippen LogP contribution < -0.4 is 10.2 Å². The summed E-state index contributed by atoms with van der Waals surface area (Å²) in [7, 11) is 0. The van der Waals surface area contributed by atoms with Gasteiger partial charge in [-0.2, -0.15) is 0 Å². The molecule has 152 valence electrons. The zero-order valence-electron chi connectivity index (χ0n) is 16.3. The van der Waals surface area contributed by atoms with Crippen molar-refractivity contribution in [2.75, 3.05) is 10.2 Å². The van der Waals surface area contributed by atoms with E-state index < -0.39 is 11.9 Å². The van der Waals surface area contributed by atoms with Crippen LogP contribution in [0.25, 0.3) is 0 Å². The summed E-state index contributed by atoms with van der Waals surface area (Å²) in [5, 5.41) is 11.7. The third kappa shape index (κ3) is 3.39. The molecule has 1 saturated heterocycles. The van der Waals surface area contributed by atoms with Crippen molar-refractivity contribution >= 4 is 35.1 Å². The summed E-state index contributed by atoms with van der Waals surface area (Å²) in [6.45, 7) is 1.95. The lowest BCUT2D eigenvalue weighted by Gasteiger charge is -2.19. The van der Waals surface area contributed by atoms with Crippen molar-refractivity contribution in [1.29, 1.82) is 0 Å². The largest absolute Gasteiger partial charge is 0.478 e. The molecule has 3 amide bonds. The zero-order chi connectivity index (χ0) is 21.4. The highest BCUT2D eigenvalue weighted by Crippen LogP contribution is 2.40. The predicted octanol–water partition coefficient (Wildman–Crippen LogP) is 3.48. The smallest absolute Gasteiger partial charge is 0.335 e. The van der Waals surface area contributed by atoms with E-state index in [0.717, 1.165) is 10.5 Å². The topological polar surface area (TPSA) is 104 Å². The number of imide groups is 1. The fraction of sp³-hybridized carbons (Fsp3) is 0.217. The highest BCUT2D eigenvalue weighted by atomic mass is 16.4. The molecule has 0 unspecified atom stereocenters. The number of anilines is 2. The number of carboxylic acid groups (broad SMARTS) is 1. The number of hydrogen-bond acceptors (Lipinski definition) is 4. The maximum Gasteiger partial charge on any atom is 0.335 e. The Hall–Kier alpha value is -3.74. The molecule has 0 spiro atoms. The number of nitrogens with one attached hydrogen (secondary N) is 1.